The van der Waals surface area contributed by atoms with E-state index in [1.54, 1.807) is 29.2 Å². The highest BCUT2D eigenvalue weighted by atomic mass is 16.1. The van der Waals surface area contributed by atoms with Gasteiger partial charge in [-0.2, -0.15) is 10.2 Å². The summed E-state index contributed by atoms with van der Waals surface area (Å²) in [6.45, 7) is 3.03. The Balaban J connectivity index is 1.23. The summed E-state index contributed by atoms with van der Waals surface area (Å²) in [4.78, 5) is 25.3. The zero-order chi connectivity index (χ0) is 24.6. The number of anilines is 2. The number of likely N-dealkylation sites (N-methyl/N-ethyl adjacent to an activating group) is 1. The maximum atomic E-state index is 12.0. The highest BCUT2D eigenvalue weighted by molar-refractivity contribution is 5.88. The Kier molecular flexibility index (Phi) is 5.57. The topological polar surface area (TPSA) is 101 Å². The van der Waals surface area contributed by atoms with E-state index in [0.29, 0.717) is 18.7 Å². The van der Waals surface area contributed by atoms with Gasteiger partial charge in [0, 0.05) is 44.2 Å². The minimum atomic E-state index is -0.00521. The molecule has 0 saturated carbocycles. The fourth-order valence-electron chi connectivity index (χ4n) is 4.76. The summed E-state index contributed by atoms with van der Waals surface area (Å²) in [6, 6.07) is 13.4. The van der Waals surface area contributed by atoms with Crippen molar-refractivity contribution in [2.45, 2.75) is 26.1 Å². The standard InChI is InChI=1S/C26H27N9O/c1-32-12-10-20-22(16-32)29-30-26(20)33(2)25-21-15-35(31-24(21)27-17-28-25)14-19-8-6-18(7-9-19)13-34-11-4-3-5-23(34)36/h3-9,11,15,17H,10,12-14,16H2,1-2H3,(H,29,30). The third kappa shape index (κ3) is 4.16. The zero-order valence-corrected chi connectivity index (χ0v) is 20.3. The normalized spacial score (nSPS) is 13.7. The van der Waals surface area contributed by atoms with Gasteiger partial charge in [-0.05, 0) is 30.7 Å². The number of pyridine rings is 1. The molecule has 0 saturated heterocycles. The van der Waals surface area contributed by atoms with Crippen LogP contribution in [0, 0.1) is 0 Å². The molecule has 0 aliphatic carbocycles. The number of benzene rings is 1. The second-order valence-electron chi connectivity index (χ2n) is 9.30. The monoisotopic (exact) mass is 481 g/mol. The number of aromatic amines is 1. The van der Waals surface area contributed by atoms with Gasteiger partial charge in [0.05, 0.1) is 24.2 Å². The Morgan fingerprint density at radius 3 is 2.64 bits per heavy atom. The average molecular weight is 482 g/mol. The number of nitrogens with zero attached hydrogens (tertiary/aromatic N) is 8. The fraction of sp³-hybridized carbons (Fsp3) is 0.269. The Labute approximate surface area is 207 Å². The van der Waals surface area contributed by atoms with E-state index in [9.17, 15) is 4.79 Å². The average Bonchev–Trinajstić information content (AvgIpc) is 3.49. The first-order valence-electron chi connectivity index (χ1n) is 11.9. The minimum Gasteiger partial charge on any atom is -0.312 e. The maximum Gasteiger partial charge on any atom is 0.250 e. The smallest absolute Gasteiger partial charge is 0.250 e. The largest absolute Gasteiger partial charge is 0.312 e. The van der Waals surface area contributed by atoms with Crippen LogP contribution in [0.25, 0.3) is 11.0 Å². The molecule has 0 unspecified atom stereocenters. The molecule has 10 heteroatoms. The third-order valence-electron chi connectivity index (χ3n) is 6.70. The maximum absolute atomic E-state index is 12.0. The van der Waals surface area contributed by atoms with Gasteiger partial charge in [0.1, 0.15) is 12.1 Å². The van der Waals surface area contributed by atoms with E-state index in [1.165, 1.54) is 5.56 Å². The predicted octanol–water partition coefficient (Wildman–Crippen LogP) is 2.56. The number of fused-ring (bicyclic) bond motifs is 2. The molecule has 1 aliphatic heterocycles. The van der Waals surface area contributed by atoms with Crippen LogP contribution in [-0.4, -0.2) is 60.1 Å². The van der Waals surface area contributed by atoms with Crippen molar-refractivity contribution in [2.75, 3.05) is 25.5 Å². The number of rotatable bonds is 6. The van der Waals surface area contributed by atoms with Gasteiger partial charge in [0.2, 0.25) is 0 Å². The lowest BCUT2D eigenvalue weighted by Crippen LogP contribution is -2.27. The van der Waals surface area contributed by atoms with Crippen LogP contribution < -0.4 is 10.5 Å². The summed E-state index contributed by atoms with van der Waals surface area (Å²) in [6.07, 6.45) is 6.30. The van der Waals surface area contributed by atoms with Crippen LogP contribution >= 0.6 is 0 Å². The number of hydrogen-bond acceptors (Lipinski definition) is 7. The van der Waals surface area contributed by atoms with Crippen molar-refractivity contribution >= 4 is 22.7 Å². The van der Waals surface area contributed by atoms with Crippen molar-refractivity contribution in [3.05, 3.63) is 93.9 Å². The van der Waals surface area contributed by atoms with Crippen LogP contribution in [0.5, 0.6) is 0 Å². The molecule has 0 amide bonds. The lowest BCUT2D eigenvalue weighted by molar-refractivity contribution is 0.309. The van der Waals surface area contributed by atoms with Crippen molar-refractivity contribution < 1.29 is 0 Å². The van der Waals surface area contributed by atoms with Crippen LogP contribution in [0.3, 0.4) is 0 Å². The van der Waals surface area contributed by atoms with E-state index in [2.05, 4.69) is 56.4 Å². The number of hydrogen-bond donors (Lipinski definition) is 1. The van der Waals surface area contributed by atoms with E-state index in [0.717, 1.165) is 53.4 Å². The zero-order valence-electron chi connectivity index (χ0n) is 20.3. The van der Waals surface area contributed by atoms with Gasteiger partial charge < -0.3 is 14.4 Å². The summed E-state index contributed by atoms with van der Waals surface area (Å²) in [7, 11) is 4.11. The predicted molar refractivity (Wildman–Crippen MR) is 137 cm³/mol. The Bertz CT molecular complexity index is 1580. The van der Waals surface area contributed by atoms with Gasteiger partial charge in [-0.25, -0.2) is 9.97 Å². The van der Waals surface area contributed by atoms with Gasteiger partial charge in [-0.1, -0.05) is 30.3 Å². The van der Waals surface area contributed by atoms with Crippen LogP contribution in [0.1, 0.15) is 22.4 Å². The summed E-state index contributed by atoms with van der Waals surface area (Å²) in [5.41, 5.74) is 5.23. The first-order valence-corrected chi connectivity index (χ1v) is 11.9. The van der Waals surface area contributed by atoms with Gasteiger partial charge >= 0.3 is 0 Å². The summed E-state index contributed by atoms with van der Waals surface area (Å²) in [5, 5.41) is 13.4. The highest BCUT2D eigenvalue weighted by Gasteiger charge is 2.24. The Morgan fingerprint density at radius 1 is 1.03 bits per heavy atom. The van der Waals surface area contributed by atoms with Crippen molar-refractivity contribution in [3.8, 4) is 0 Å². The van der Waals surface area contributed by atoms with Gasteiger partial charge in [-0.3, -0.25) is 14.6 Å². The molecule has 0 spiro atoms. The molecular formula is C26H27N9O. The Morgan fingerprint density at radius 2 is 1.83 bits per heavy atom. The summed E-state index contributed by atoms with van der Waals surface area (Å²) in [5.74, 6) is 1.68. The van der Waals surface area contributed by atoms with Crippen LogP contribution in [0.2, 0.25) is 0 Å². The van der Waals surface area contributed by atoms with Gasteiger partial charge in [0.25, 0.3) is 5.56 Å². The molecule has 5 heterocycles. The first kappa shape index (κ1) is 22.2. The molecule has 1 N–H and O–H groups in total. The second kappa shape index (κ2) is 9.04. The molecule has 36 heavy (non-hydrogen) atoms. The molecule has 0 radical (unpaired) electrons. The number of H-pyrrole nitrogens is 1. The van der Waals surface area contributed by atoms with Gasteiger partial charge in [0.15, 0.2) is 11.5 Å². The van der Waals surface area contributed by atoms with Crippen molar-refractivity contribution in [3.63, 3.8) is 0 Å². The molecule has 5 aromatic rings. The van der Waals surface area contributed by atoms with Crippen LogP contribution in [0.4, 0.5) is 11.6 Å². The molecule has 10 nitrogen and oxygen atoms in total. The molecule has 4 aromatic heterocycles. The summed E-state index contributed by atoms with van der Waals surface area (Å²) >= 11 is 0. The lowest BCUT2D eigenvalue weighted by Gasteiger charge is -2.24. The molecule has 0 atom stereocenters. The molecule has 182 valence electrons. The molecule has 0 fully saturated rings. The quantitative estimate of drug-likeness (QED) is 0.398. The number of aromatic nitrogens is 7. The van der Waals surface area contributed by atoms with Crippen molar-refractivity contribution in [1.82, 2.24) is 39.4 Å². The highest BCUT2D eigenvalue weighted by Crippen LogP contribution is 2.32. The first-order chi connectivity index (χ1) is 17.5. The van der Waals surface area contributed by atoms with E-state index < -0.39 is 0 Å². The molecule has 1 aliphatic rings. The third-order valence-corrected chi connectivity index (χ3v) is 6.70. The fourth-order valence-corrected chi connectivity index (χ4v) is 4.76. The van der Waals surface area contributed by atoms with Crippen molar-refractivity contribution in [1.29, 1.82) is 0 Å². The minimum absolute atomic E-state index is 0.00521. The Hall–Kier alpha value is -4.31. The van der Waals surface area contributed by atoms with Crippen LogP contribution in [0.15, 0.2) is 66.0 Å². The van der Waals surface area contributed by atoms with E-state index in [-0.39, 0.29) is 5.56 Å². The molecular weight excluding hydrogens is 454 g/mol. The lowest BCUT2D eigenvalue weighted by atomic mass is 10.1. The van der Waals surface area contributed by atoms with Crippen molar-refractivity contribution in [2.24, 2.45) is 0 Å². The van der Waals surface area contributed by atoms with Gasteiger partial charge in [-0.15, -0.1) is 0 Å². The summed E-state index contributed by atoms with van der Waals surface area (Å²) < 4.78 is 3.59. The molecule has 1 aromatic carbocycles. The molecule has 0 bridgehead atoms. The number of nitrogens with one attached hydrogen (secondary N) is 1. The van der Waals surface area contributed by atoms with Crippen LogP contribution in [-0.2, 0) is 26.1 Å². The van der Waals surface area contributed by atoms with E-state index in [1.807, 2.05) is 28.9 Å². The SMILES string of the molecule is CN1CCc2c(N(C)c3ncnc4nn(Cc5ccc(Cn6ccccc6=O)cc5)cc34)n[nH]c2C1. The molecule has 6 rings (SSSR count). The van der Waals surface area contributed by atoms with E-state index >= 15 is 0 Å². The van der Waals surface area contributed by atoms with E-state index in [4.69, 9.17) is 5.10 Å². The second-order valence-corrected chi connectivity index (χ2v) is 9.30.